The second-order valence-corrected chi connectivity index (χ2v) is 5.78. The smallest absolute Gasteiger partial charge is 0.269 e. The number of nitro benzene ring substituents is 1. The Labute approximate surface area is 111 Å². The highest BCUT2D eigenvalue weighted by Gasteiger charge is 2.17. The van der Waals surface area contributed by atoms with Gasteiger partial charge in [0.25, 0.3) is 21.7 Å². The van der Waals surface area contributed by atoms with Gasteiger partial charge < -0.3 is 5.73 Å². The quantitative estimate of drug-likeness (QED) is 0.629. The molecule has 0 aliphatic carbocycles. The molecule has 0 radical (unpaired) electrons. The Morgan fingerprint density at radius 2 is 1.95 bits per heavy atom. The summed E-state index contributed by atoms with van der Waals surface area (Å²) in [4.78, 5) is 13.4. The highest BCUT2D eigenvalue weighted by atomic mass is 32.2. The summed E-state index contributed by atoms with van der Waals surface area (Å²) in [5.41, 5.74) is 5.13. The number of hydrogen-bond donors (Lipinski definition) is 2. The molecule has 100 valence electrons. The maximum atomic E-state index is 11.9. The Balaban J connectivity index is 2.26. The number of anilines is 2. The first-order chi connectivity index (χ1) is 8.88. The highest BCUT2D eigenvalue weighted by molar-refractivity contribution is 7.92. The molecule has 0 bridgehead atoms. The Kier molecular flexibility index (Phi) is 3.31. The molecule has 9 nitrogen and oxygen atoms in total. The van der Waals surface area contributed by atoms with Crippen LogP contribution in [0.25, 0.3) is 0 Å². The predicted octanol–water partition coefficient (Wildman–Crippen LogP) is 0.829. The van der Waals surface area contributed by atoms with Crippen molar-refractivity contribution >= 4 is 38.3 Å². The number of sulfonamides is 1. The van der Waals surface area contributed by atoms with Crippen molar-refractivity contribution in [3.63, 3.8) is 0 Å². The van der Waals surface area contributed by atoms with E-state index in [1.165, 1.54) is 0 Å². The standard InChI is InChI=1S/C8H7N5O4S2/c9-7-10-8(11-18-7)12-19(16,17)6-3-1-5(2-4-6)13(14)15/h1-4H,(H3,9,10,11,12). The molecular formula is C8H7N5O4S2. The van der Waals surface area contributed by atoms with E-state index in [9.17, 15) is 18.5 Å². The molecule has 0 spiro atoms. The van der Waals surface area contributed by atoms with Gasteiger partial charge in [-0.1, -0.05) is 0 Å². The lowest BCUT2D eigenvalue weighted by molar-refractivity contribution is -0.384. The minimum Gasteiger partial charge on any atom is -0.374 e. The Morgan fingerprint density at radius 3 is 2.42 bits per heavy atom. The molecule has 2 rings (SSSR count). The summed E-state index contributed by atoms with van der Waals surface area (Å²) in [5.74, 6) is -0.138. The van der Waals surface area contributed by atoms with Crippen molar-refractivity contribution < 1.29 is 13.3 Å². The third-order valence-corrected chi connectivity index (χ3v) is 3.91. The molecule has 0 unspecified atom stereocenters. The van der Waals surface area contributed by atoms with E-state index in [1.807, 2.05) is 0 Å². The van der Waals surface area contributed by atoms with Crippen LogP contribution in [0.5, 0.6) is 0 Å². The van der Waals surface area contributed by atoms with Gasteiger partial charge in [-0.2, -0.15) is 9.36 Å². The molecule has 0 aliphatic heterocycles. The first kappa shape index (κ1) is 13.2. The van der Waals surface area contributed by atoms with Crippen LogP contribution in [0.1, 0.15) is 0 Å². The predicted molar refractivity (Wildman–Crippen MR) is 68.2 cm³/mol. The molecule has 0 saturated carbocycles. The van der Waals surface area contributed by atoms with E-state index in [1.54, 1.807) is 0 Å². The van der Waals surface area contributed by atoms with Crippen molar-refractivity contribution in [2.24, 2.45) is 0 Å². The number of aromatic nitrogens is 2. The molecule has 1 aromatic carbocycles. The minimum absolute atomic E-state index is 0.126. The van der Waals surface area contributed by atoms with E-state index in [0.717, 1.165) is 35.8 Å². The Bertz CT molecular complexity index is 709. The average Bonchev–Trinajstić information content (AvgIpc) is 2.74. The maximum absolute atomic E-state index is 11.9. The van der Waals surface area contributed by atoms with Crippen molar-refractivity contribution in [2.45, 2.75) is 4.90 Å². The van der Waals surface area contributed by atoms with Crippen molar-refractivity contribution in [3.8, 4) is 0 Å². The van der Waals surface area contributed by atoms with E-state index in [0.29, 0.717) is 0 Å². The second kappa shape index (κ2) is 4.78. The van der Waals surface area contributed by atoms with Crippen LogP contribution in [-0.4, -0.2) is 22.7 Å². The number of nitro groups is 1. The number of nitrogen functional groups attached to an aromatic ring is 1. The summed E-state index contributed by atoms with van der Waals surface area (Å²) < 4.78 is 29.6. The van der Waals surface area contributed by atoms with Crippen LogP contribution < -0.4 is 10.5 Å². The summed E-state index contributed by atoms with van der Waals surface area (Å²) in [6, 6.07) is 4.43. The highest BCUT2D eigenvalue weighted by Crippen LogP contribution is 2.19. The lowest BCUT2D eigenvalue weighted by Crippen LogP contribution is -2.13. The first-order valence-electron chi connectivity index (χ1n) is 4.75. The maximum Gasteiger partial charge on any atom is 0.269 e. The third-order valence-electron chi connectivity index (χ3n) is 2.03. The fraction of sp³-hybridized carbons (Fsp3) is 0. The van der Waals surface area contributed by atoms with Crippen LogP contribution in [0.4, 0.5) is 16.8 Å². The van der Waals surface area contributed by atoms with Crippen LogP contribution in [0, 0.1) is 10.1 Å². The largest absolute Gasteiger partial charge is 0.374 e. The summed E-state index contributed by atoms with van der Waals surface area (Å²) in [6.07, 6.45) is 0. The third kappa shape index (κ3) is 2.95. The molecule has 0 amide bonds. The zero-order valence-electron chi connectivity index (χ0n) is 9.18. The normalized spacial score (nSPS) is 11.2. The summed E-state index contributed by atoms with van der Waals surface area (Å²) >= 11 is 0.847. The van der Waals surface area contributed by atoms with Gasteiger partial charge in [0.2, 0.25) is 5.13 Å². The van der Waals surface area contributed by atoms with Gasteiger partial charge in [-0.25, -0.2) is 13.1 Å². The zero-order valence-corrected chi connectivity index (χ0v) is 10.8. The fourth-order valence-corrected chi connectivity index (χ4v) is 2.60. The van der Waals surface area contributed by atoms with Gasteiger partial charge in [-0.05, 0) is 12.1 Å². The van der Waals surface area contributed by atoms with Crippen LogP contribution in [0.15, 0.2) is 29.2 Å². The lowest BCUT2D eigenvalue weighted by atomic mass is 10.3. The van der Waals surface area contributed by atoms with Crippen molar-refractivity contribution in [1.82, 2.24) is 9.36 Å². The van der Waals surface area contributed by atoms with E-state index >= 15 is 0 Å². The minimum atomic E-state index is -3.89. The summed E-state index contributed by atoms with van der Waals surface area (Å²) in [6.45, 7) is 0. The van der Waals surface area contributed by atoms with Crippen LogP contribution in [-0.2, 0) is 10.0 Å². The molecule has 0 fully saturated rings. The molecule has 0 saturated heterocycles. The fourth-order valence-electron chi connectivity index (χ4n) is 1.20. The second-order valence-electron chi connectivity index (χ2n) is 3.31. The summed E-state index contributed by atoms with van der Waals surface area (Å²) in [5, 5.41) is 10.6. The van der Waals surface area contributed by atoms with Gasteiger partial charge in [-0.3, -0.25) is 10.1 Å². The molecular weight excluding hydrogens is 294 g/mol. The molecule has 1 heterocycles. The molecule has 1 aromatic heterocycles. The number of rotatable bonds is 4. The summed E-state index contributed by atoms with van der Waals surface area (Å²) in [7, 11) is -3.89. The lowest BCUT2D eigenvalue weighted by Gasteiger charge is -2.03. The number of non-ortho nitro benzene ring substituents is 1. The number of benzene rings is 1. The molecule has 11 heteroatoms. The van der Waals surface area contributed by atoms with Gasteiger partial charge in [0.1, 0.15) is 0 Å². The SMILES string of the molecule is Nc1nc(NS(=O)(=O)c2ccc([N+](=O)[O-])cc2)ns1. The van der Waals surface area contributed by atoms with Crippen molar-refractivity contribution in [2.75, 3.05) is 10.5 Å². The van der Waals surface area contributed by atoms with E-state index in [4.69, 9.17) is 5.73 Å². The molecule has 2 aromatic rings. The molecule has 0 atom stereocenters. The number of hydrogen-bond acceptors (Lipinski definition) is 8. The van der Waals surface area contributed by atoms with Crippen molar-refractivity contribution in [3.05, 3.63) is 34.4 Å². The Morgan fingerprint density at radius 1 is 1.32 bits per heavy atom. The monoisotopic (exact) mass is 301 g/mol. The van der Waals surface area contributed by atoms with E-state index in [-0.39, 0.29) is 21.7 Å². The molecule has 3 N–H and O–H groups in total. The molecule has 19 heavy (non-hydrogen) atoms. The average molecular weight is 301 g/mol. The Hall–Kier alpha value is -2.27. The first-order valence-corrected chi connectivity index (χ1v) is 7.00. The molecule has 0 aliphatic rings. The van der Waals surface area contributed by atoms with E-state index < -0.39 is 14.9 Å². The van der Waals surface area contributed by atoms with Crippen LogP contribution >= 0.6 is 11.5 Å². The number of nitrogens with two attached hydrogens (primary N) is 1. The van der Waals surface area contributed by atoms with Gasteiger partial charge in [0.15, 0.2) is 0 Å². The number of nitrogens with one attached hydrogen (secondary N) is 1. The van der Waals surface area contributed by atoms with E-state index in [2.05, 4.69) is 14.1 Å². The van der Waals surface area contributed by atoms with Crippen LogP contribution in [0.3, 0.4) is 0 Å². The topological polar surface area (TPSA) is 141 Å². The van der Waals surface area contributed by atoms with Crippen LogP contribution in [0.2, 0.25) is 0 Å². The van der Waals surface area contributed by atoms with Crippen molar-refractivity contribution in [1.29, 1.82) is 0 Å². The number of nitrogens with zero attached hydrogens (tertiary/aromatic N) is 3. The van der Waals surface area contributed by atoms with Gasteiger partial charge in [-0.15, -0.1) is 0 Å². The van der Waals surface area contributed by atoms with Gasteiger partial charge in [0.05, 0.1) is 9.82 Å². The zero-order chi connectivity index (χ0) is 14.0. The van der Waals surface area contributed by atoms with Gasteiger partial charge >= 0.3 is 0 Å². The van der Waals surface area contributed by atoms with Gasteiger partial charge in [0, 0.05) is 23.7 Å².